The number of rotatable bonds is 12. The maximum Gasteiger partial charge on any atom is 0.408 e. The molecule has 3 N–H and O–H groups in total. The van der Waals surface area contributed by atoms with Crippen LogP contribution in [-0.2, 0) is 35.4 Å². The zero-order valence-corrected chi connectivity index (χ0v) is 28.9. The van der Waals surface area contributed by atoms with E-state index in [1.807, 2.05) is 13.0 Å². The molecule has 0 unspecified atom stereocenters. The Hall–Kier alpha value is -4.52. The zero-order valence-electron chi connectivity index (χ0n) is 28.2. The Morgan fingerprint density at radius 3 is 2.53 bits per heavy atom. The van der Waals surface area contributed by atoms with Crippen LogP contribution in [0.2, 0.25) is 5.02 Å². The summed E-state index contributed by atoms with van der Waals surface area (Å²) in [7, 11) is 0. The number of amides is 4. The lowest BCUT2D eigenvalue weighted by molar-refractivity contribution is -0.144. The second-order valence-electron chi connectivity index (χ2n) is 14.0. The summed E-state index contributed by atoms with van der Waals surface area (Å²) in [4.78, 5) is 78.8. The minimum Gasteiger partial charge on any atom is -0.443 e. The van der Waals surface area contributed by atoms with Crippen molar-refractivity contribution in [3.63, 3.8) is 0 Å². The molecular formula is C35H43ClN6O7. The first-order chi connectivity index (χ1) is 23.3. The van der Waals surface area contributed by atoms with Crippen molar-refractivity contribution >= 4 is 46.9 Å². The Bertz CT molecular complexity index is 1610. The van der Waals surface area contributed by atoms with Crippen LogP contribution in [0, 0.1) is 5.41 Å². The van der Waals surface area contributed by atoms with E-state index in [-0.39, 0.29) is 38.5 Å². The molecule has 4 amide bonds. The highest BCUT2D eigenvalue weighted by Gasteiger charge is 2.55. The number of ether oxygens (including phenoxy) is 1. The number of halogens is 1. The van der Waals surface area contributed by atoms with Gasteiger partial charge in [0.15, 0.2) is 5.60 Å². The molecule has 5 rings (SSSR count). The summed E-state index contributed by atoms with van der Waals surface area (Å²) in [6.45, 7) is 7.08. The van der Waals surface area contributed by atoms with Crippen LogP contribution < -0.4 is 16.0 Å². The van der Waals surface area contributed by atoms with E-state index in [0.717, 1.165) is 18.4 Å². The Morgan fingerprint density at radius 2 is 1.88 bits per heavy atom. The lowest BCUT2D eigenvalue weighted by Gasteiger charge is -2.35. The summed E-state index contributed by atoms with van der Waals surface area (Å²) in [5, 5.41) is 13.0. The molecule has 262 valence electrons. The van der Waals surface area contributed by atoms with E-state index in [0.29, 0.717) is 22.8 Å². The highest BCUT2D eigenvalue weighted by atomic mass is 35.5. The second-order valence-corrected chi connectivity index (χ2v) is 14.4. The second kappa shape index (κ2) is 14.9. The van der Waals surface area contributed by atoms with E-state index in [4.69, 9.17) is 21.2 Å². The van der Waals surface area contributed by atoms with Crippen LogP contribution in [0.3, 0.4) is 0 Å². The van der Waals surface area contributed by atoms with Crippen molar-refractivity contribution in [3.05, 3.63) is 64.9 Å². The fraction of sp³-hybridized carbons (Fsp3) is 0.514. The summed E-state index contributed by atoms with van der Waals surface area (Å²) in [6, 6.07) is 9.05. The number of hydrogen-bond donors (Lipinski definition) is 3. The van der Waals surface area contributed by atoms with Gasteiger partial charge in [-0.3, -0.25) is 24.2 Å². The standard InChI is InChI=1S/C35H43ClN6O7/c1-5-9-25(28(43)31(45)38-23-13-14-23)39-30(44)27-18-35(17-26(41-49-35)21-10-8-11-22(36)16-21)20-42(27)32(46)29(34(2,3)4)40-33(47)48-19-24-12-6-7-15-37-24/h6-8,10-12,15-16,23,25,27,29H,5,9,13-14,17-20H2,1-4H3,(H,38,45)(H,39,44)(H,40,47)/t25-,27-,29+,35+/m0/s1. The van der Waals surface area contributed by atoms with Crippen LogP contribution >= 0.6 is 11.6 Å². The fourth-order valence-electron chi connectivity index (χ4n) is 6.02. The number of hydrogen-bond acceptors (Lipinski definition) is 9. The third kappa shape index (κ3) is 8.94. The van der Waals surface area contributed by atoms with Gasteiger partial charge in [-0.25, -0.2) is 4.79 Å². The number of aromatic nitrogens is 1. The molecule has 1 aliphatic carbocycles. The van der Waals surface area contributed by atoms with Gasteiger partial charge in [0, 0.05) is 35.7 Å². The molecule has 3 heterocycles. The predicted molar refractivity (Wildman–Crippen MR) is 180 cm³/mol. The van der Waals surface area contributed by atoms with Crippen molar-refractivity contribution in [2.45, 2.75) is 103 Å². The van der Waals surface area contributed by atoms with Gasteiger partial charge < -0.3 is 30.4 Å². The first kappa shape index (κ1) is 35.8. The van der Waals surface area contributed by atoms with Gasteiger partial charge in [0.25, 0.3) is 5.91 Å². The number of nitrogens with zero attached hydrogens (tertiary/aromatic N) is 3. The Balaban J connectivity index is 1.38. The maximum atomic E-state index is 14.5. The number of benzene rings is 1. The molecule has 2 fully saturated rings. The van der Waals surface area contributed by atoms with Gasteiger partial charge in [-0.05, 0) is 48.9 Å². The summed E-state index contributed by atoms with van der Waals surface area (Å²) in [5.74, 6) is -2.62. The van der Waals surface area contributed by atoms with Crippen molar-refractivity contribution < 1.29 is 33.5 Å². The largest absolute Gasteiger partial charge is 0.443 e. The van der Waals surface area contributed by atoms with Crippen LogP contribution in [0.25, 0.3) is 0 Å². The molecule has 0 radical (unpaired) electrons. The van der Waals surface area contributed by atoms with Gasteiger partial charge in [0.05, 0.1) is 24.0 Å². The molecule has 3 aliphatic rings. The van der Waals surface area contributed by atoms with E-state index in [2.05, 4.69) is 26.1 Å². The molecule has 1 spiro atoms. The summed E-state index contributed by atoms with van der Waals surface area (Å²) in [5.41, 5.74) is 0.0135. The Kier molecular flexibility index (Phi) is 10.9. The number of carbonyl (C=O) groups excluding carboxylic acids is 5. The highest BCUT2D eigenvalue weighted by Crippen LogP contribution is 2.40. The van der Waals surface area contributed by atoms with E-state index >= 15 is 0 Å². The zero-order chi connectivity index (χ0) is 35.3. The molecule has 4 atom stereocenters. The van der Waals surface area contributed by atoms with Gasteiger partial charge >= 0.3 is 6.09 Å². The van der Waals surface area contributed by atoms with Gasteiger partial charge in [-0.2, -0.15) is 0 Å². The van der Waals surface area contributed by atoms with Crippen molar-refractivity contribution in [1.29, 1.82) is 0 Å². The van der Waals surface area contributed by atoms with Gasteiger partial charge in [-0.15, -0.1) is 0 Å². The van der Waals surface area contributed by atoms with Crippen LogP contribution in [-0.4, -0.2) is 81.5 Å². The number of nitrogens with one attached hydrogen (secondary N) is 3. The lowest BCUT2D eigenvalue weighted by atomic mass is 9.85. The summed E-state index contributed by atoms with van der Waals surface area (Å²) in [6.07, 6.45) is 3.48. The first-order valence-corrected chi connectivity index (χ1v) is 17.0. The van der Waals surface area contributed by atoms with Crippen molar-refractivity contribution in [3.8, 4) is 0 Å². The molecule has 2 aromatic rings. The molecular weight excluding hydrogens is 652 g/mol. The lowest BCUT2D eigenvalue weighted by Crippen LogP contribution is -2.59. The smallest absolute Gasteiger partial charge is 0.408 e. The number of pyridine rings is 1. The van der Waals surface area contributed by atoms with Crippen LogP contribution in [0.5, 0.6) is 0 Å². The van der Waals surface area contributed by atoms with Gasteiger partial charge in [-0.1, -0.05) is 69.1 Å². The average Bonchev–Trinajstić information content (AvgIpc) is 3.66. The average molecular weight is 695 g/mol. The third-order valence-corrected chi connectivity index (χ3v) is 9.02. The van der Waals surface area contributed by atoms with Gasteiger partial charge in [0.2, 0.25) is 17.6 Å². The highest BCUT2D eigenvalue weighted by molar-refractivity contribution is 6.38. The number of ketones is 1. The maximum absolute atomic E-state index is 14.5. The Labute approximate surface area is 290 Å². The van der Waals surface area contributed by atoms with E-state index < -0.39 is 58.7 Å². The minimum atomic E-state index is -1.11. The van der Waals surface area contributed by atoms with E-state index in [9.17, 15) is 24.0 Å². The van der Waals surface area contributed by atoms with Crippen LogP contribution in [0.15, 0.2) is 53.8 Å². The van der Waals surface area contributed by atoms with Crippen molar-refractivity contribution in [1.82, 2.24) is 25.8 Å². The molecule has 13 nitrogen and oxygen atoms in total. The normalized spacial score (nSPS) is 21.3. The molecule has 1 saturated heterocycles. The molecule has 0 bridgehead atoms. The topological polar surface area (TPSA) is 168 Å². The number of alkyl carbamates (subject to hydrolysis) is 1. The SMILES string of the molecule is CCC[C@H](NC(=O)[C@@H]1C[C@]2(CC(c3cccc(Cl)c3)=NO2)CN1C(=O)[C@@H](NC(=O)OCc1ccccn1)C(C)(C)C)C(=O)C(=O)NC1CC1. The quantitative estimate of drug-likeness (QED) is 0.283. The molecule has 1 aromatic heterocycles. The Morgan fingerprint density at radius 1 is 1.10 bits per heavy atom. The molecule has 14 heteroatoms. The van der Waals surface area contributed by atoms with Gasteiger partial charge in [0.1, 0.15) is 18.7 Å². The number of Topliss-reactive ketones (excluding diaryl/α,β-unsaturated/α-hetero) is 1. The van der Waals surface area contributed by atoms with E-state index in [1.54, 1.807) is 63.4 Å². The number of likely N-dealkylation sites (tertiary alicyclic amines) is 1. The molecule has 49 heavy (non-hydrogen) atoms. The fourth-order valence-corrected chi connectivity index (χ4v) is 6.21. The number of carbonyl (C=O) groups is 5. The third-order valence-electron chi connectivity index (χ3n) is 8.78. The van der Waals surface area contributed by atoms with Crippen molar-refractivity contribution in [2.24, 2.45) is 10.6 Å². The molecule has 1 aromatic carbocycles. The van der Waals surface area contributed by atoms with E-state index in [1.165, 1.54) is 4.90 Å². The summed E-state index contributed by atoms with van der Waals surface area (Å²) < 4.78 is 5.38. The van der Waals surface area contributed by atoms with Crippen molar-refractivity contribution in [2.75, 3.05) is 6.54 Å². The first-order valence-electron chi connectivity index (χ1n) is 16.6. The van der Waals surface area contributed by atoms with Crippen LogP contribution in [0.1, 0.15) is 77.5 Å². The summed E-state index contributed by atoms with van der Waals surface area (Å²) >= 11 is 6.23. The predicted octanol–water partition coefficient (Wildman–Crippen LogP) is 3.67. The van der Waals surface area contributed by atoms with Crippen LogP contribution in [0.4, 0.5) is 4.79 Å². The molecule has 2 aliphatic heterocycles. The monoisotopic (exact) mass is 694 g/mol. The number of oxime groups is 1. The molecule has 1 saturated carbocycles. The minimum absolute atomic E-state index is 0.0245.